The summed E-state index contributed by atoms with van der Waals surface area (Å²) in [7, 11) is 0. The van der Waals surface area contributed by atoms with Gasteiger partial charge in [-0.25, -0.2) is 4.98 Å². The van der Waals surface area contributed by atoms with Gasteiger partial charge in [0.1, 0.15) is 5.75 Å². The number of amides is 1. The third-order valence-corrected chi connectivity index (χ3v) is 3.04. The lowest BCUT2D eigenvalue weighted by Crippen LogP contribution is -2.12. The number of anilines is 1. The first-order valence-electron chi connectivity index (χ1n) is 5.39. The maximum Gasteiger partial charge on any atom is 0.255 e. The number of carbonyl (C=O) groups excluding carboxylic acids is 1. The number of nitrogens with one attached hydrogen (secondary N) is 1. The second-order valence-corrected chi connectivity index (χ2v) is 4.74. The standard InChI is InChI=1S/C13H10Cl2N2O2/c1-7-4-10(12(15)16-6-7)17-13(19)8-2-3-11(18)9(14)5-8/h2-6,18H,1H3,(H,17,19). The number of aromatic nitrogens is 1. The quantitative estimate of drug-likeness (QED) is 0.832. The van der Waals surface area contributed by atoms with Crippen molar-refractivity contribution >= 4 is 34.8 Å². The number of phenolic OH excluding ortho intramolecular Hbond substituents is 1. The Balaban J connectivity index is 2.25. The zero-order valence-electron chi connectivity index (χ0n) is 9.95. The van der Waals surface area contributed by atoms with Crippen molar-refractivity contribution in [2.75, 3.05) is 5.32 Å². The van der Waals surface area contributed by atoms with Crippen molar-refractivity contribution < 1.29 is 9.90 Å². The molecule has 0 saturated heterocycles. The van der Waals surface area contributed by atoms with Gasteiger partial charge in [-0.2, -0.15) is 0 Å². The van der Waals surface area contributed by atoms with Crippen molar-refractivity contribution in [3.8, 4) is 5.75 Å². The van der Waals surface area contributed by atoms with Crippen molar-refractivity contribution in [2.24, 2.45) is 0 Å². The molecule has 2 N–H and O–H groups in total. The Morgan fingerprint density at radius 1 is 1.32 bits per heavy atom. The van der Waals surface area contributed by atoms with Crippen LogP contribution in [-0.2, 0) is 0 Å². The number of halogens is 2. The Morgan fingerprint density at radius 3 is 2.74 bits per heavy atom. The number of aromatic hydroxyl groups is 1. The minimum atomic E-state index is -0.379. The lowest BCUT2D eigenvalue weighted by Gasteiger charge is -2.08. The van der Waals surface area contributed by atoms with Crippen molar-refractivity contribution in [3.05, 3.63) is 51.8 Å². The molecule has 1 heterocycles. The van der Waals surface area contributed by atoms with Gasteiger partial charge in [0.25, 0.3) is 5.91 Å². The number of hydrogen-bond donors (Lipinski definition) is 2. The van der Waals surface area contributed by atoms with Gasteiger partial charge in [0, 0.05) is 11.8 Å². The van der Waals surface area contributed by atoms with Gasteiger partial charge in [-0.1, -0.05) is 23.2 Å². The summed E-state index contributed by atoms with van der Waals surface area (Å²) in [5, 5.41) is 12.3. The predicted octanol–water partition coefficient (Wildman–Crippen LogP) is 3.65. The number of aryl methyl sites for hydroxylation is 1. The molecule has 0 fully saturated rings. The molecule has 4 nitrogen and oxygen atoms in total. The van der Waals surface area contributed by atoms with E-state index in [0.717, 1.165) is 5.56 Å². The van der Waals surface area contributed by atoms with Crippen LogP contribution in [0.25, 0.3) is 0 Å². The van der Waals surface area contributed by atoms with E-state index in [1.807, 2.05) is 6.92 Å². The summed E-state index contributed by atoms with van der Waals surface area (Å²) in [6.07, 6.45) is 1.61. The third-order valence-electron chi connectivity index (χ3n) is 2.43. The number of nitrogens with zero attached hydrogens (tertiary/aromatic N) is 1. The predicted molar refractivity (Wildman–Crippen MR) is 75.1 cm³/mol. The molecule has 0 spiro atoms. The topological polar surface area (TPSA) is 62.2 Å². The molecule has 1 aromatic heterocycles. The normalized spacial score (nSPS) is 10.3. The molecular formula is C13H10Cl2N2O2. The summed E-state index contributed by atoms with van der Waals surface area (Å²) in [6, 6.07) is 5.92. The summed E-state index contributed by atoms with van der Waals surface area (Å²) in [5.41, 5.74) is 1.62. The molecule has 0 bridgehead atoms. The molecule has 19 heavy (non-hydrogen) atoms. The van der Waals surface area contributed by atoms with E-state index in [9.17, 15) is 9.90 Å². The maximum absolute atomic E-state index is 12.0. The molecule has 1 amide bonds. The molecule has 2 rings (SSSR count). The van der Waals surface area contributed by atoms with Crippen LogP contribution in [0, 0.1) is 6.92 Å². The molecule has 0 saturated carbocycles. The Labute approximate surface area is 120 Å². The molecule has 1 aromatic carbocycles. The Morgan fingerprint density at radius 2 is 2.05 bits per heavy atom. The molecule has 0 radical (unpaired) electrons. The molecule has 2 aromatic rings. The van der Waals surface area contributed by atoms with E-state index in [0.29, 0.717) is 11.3 Å². The van der Waals surface area contributed by atoms with Crippen LogP contribution in [0.2, 0.25) is 10.2 Å². The summed E-state index contributed by atoms with van der Waals surface area (Å²) in [4.78, 5) is 15.9. The van der Waals surface area contributed by atoms with E-state index >= 15 is 0 Å². The molecule has 0 atom stereocenters. The minimum Gasteiger partial charge on any atom is -0.506 e. The largest absolute Gasteiger partial charge is 0.506 e. The molecular weight excluding hydrogens is 287 g/mol. The fourth-order valence-electron chi connectivity index (χ4n) is 1.48. The Hall–Kier alpha value is -1.78. The zero-order valence-corrected chi connectivity index (χ0v) is 11.5. The number of pyridine rings is 1. The highest BCUT2D eigenvalue weighted by Crippen LogP contribution is 2.25. The van der Waals surface area contributed by atoms with Crippen LogP contribution in [0.3, 0.4) is 0 Å². The van der Waals surface area contributed by atoms with Crippen molar-refractivity contribution in [3.63, 3.8) is 0 Å². The SMILES string of the molecule is Cc1cnc(Cl)c(NC(=O)c2ccc(O)c(Cl)c2)c1. The van der Waals surface area contributed by atoms with E-state index in [1.54, 1.807) is 12.3 Å². The van der Waals surface area contributed by atoms with Gasteiger partial charge < -0.3 is 10.4 Å². The average molecular weight is 297 g/mol. The Kier molecular flexibility index (Phi) is 3.93. The number of rotatable bonds is 2. The van der Waals surface area contributed by atoms with Crippen LogP contribution in [-0.4, -0.2) is 16.0 Å². The number of carbonyl (C=O) groups is 1. The molecule has 0 aliphatic heterocycles. The van der Waals surface area contributed by atoms with Gasteiger partial charge in [0.15, 0.2) is 5.15 Å². The summed E-state index contributed by atoms with van der Waals surface area (Å²) in [5.74, 6) is -0.454. The van der Waals surface area contributed by atoms with Crippen LogP contribution in [0.5, 0.6) is 5.75 Å². The summed E-state index contributed by atoms with van der Waals surface area (Å²) < 4.78 is 0. The van der Waals surface area contributed by atoms with Crippen LogP contribution < -0.4 is 5.32 Å². The first-order valence-corrected chi connectivity index (χ1v) is 6.15. The molecule has 0 unspecified atom stereocenters. The molecule has 0 aliphatic rings. The molecule has 98 valence electrons. The molecule has 0 aliphatic carbocycles. The fraction of sp³-hybridized carbons (Fsp3) is 0.0769. The number of phenols is 1. The summed E-state index contributed by atoms with van der Waals surface area (Å²) >= 11 is 11.6. The van der Waals surface area contributed by atoms with Gasteiger partial charge in [0.2, 0.25) is 0 Å². The lowest BCUT2D eigenvalue weighted by molar-refractivity contribution is 0.102. The highest BCUT2D eigenvalue weighted by atomic mass is 35.5. The second-order valence-electron chi connectivity index (χ2n) is 3.97. The second kappa shape index (κ2) is 5.47. The maximum atomic E-state index is 12.0. The number of benzene rings is 1. The average Bonchev–Trinajstić information content (AvgIpc) is 2.37. The van der Waals surface area contributed by atoms with E-state index in [1.165, 1.54) is 18.2 Å². The van der Waals surface area contributed by atoms with Crippen molar-refractivity contribution in [2.45, 2.75) is 6.92 Å². The first-order chi connectivity index (χ1) is 8.97. The lowest BCUT2D eigenvalue weighted by atomic mass is 10.2. The number of hydrogen-bond acceptors (Lipinski definition) is 3. The van der Waals surface area contributed by atoms with Gasteiger partial charge in [-0.15, -0.1) is 0 Å². The fourth-order valence-corrected chi connectivity index (χ4v) is 1.81. The van der Waals surface area contributed by atoms with Gasteiger partial charge in [-0.05, 0) is 36.8 Å². The van der Waals surface area contributed by atoms with Crippen LogP contribution in [0.1, 0.15) is 15.9 Å². The van der Waals surface area contributed by atoms with Gasteiger partial charge in [-0.3, -0.25) is 4.79 Å². The molecule has 6 heteroatoms. The van der Waals surface area contributed by atoms with Crippen LogP contribution in [0.4, 0.5) is 5.69 Å². The summed E-state index contributed by atoms with van der Waals surface area (Å²) in [6.45, 7) is 1.84. The third kappa shape index (κ3) is 3.16. The first kappa shape index (κ1) is 13.6. The highest BCUT2D eigenvalue weighted by molar-refractivity contribution is 6.33. The van der Waals surface area contributed by atoms with Gasteiger partial charge in [0.05, 0.1) is 10.7 Å². The van der Waals surface area contributed by atoms with E-state index in [4.69, 9.17) is 23.2 Å². The Bertz CT molecular complexity index is 645. The van der Waals surface area contributed by atoms with E-state index in [-0.39, 0.29) is 21.8 Å². The van der Waals surface area contributed by atoms with Crippen LogP contribution in [0.15, 0.2) is 30.5 Å². The van der Waals surface area contributed by atoms with E-state index in [2.05, 4.69) is 10.3 Å². The zero-order chi connectivity index (χ0) is 14.0. The monoisotopic (exact) mass is 296 g/mol. The smallest absolute Gasteiger partial charge is 0.255 e. The van der Waals surface area contributed by atoms with Crippen LogP contribution >= 0.6 is 23.2 Å². The van der Waals surface area contributed by atoms with Crippen molar-refractivity contribution in [1.29, 1.82) is 0 Å². The van der Waals surface area contributed by atoms with Crippen molar-refractivity contribution in [1.82, 2.24) is 4.98 Å². The van der Waals surface area contributed by atoms with Gasteiger partial charge >= 0.3 is 0 Å². The van der Waals surface area contributed by atoms with E-state index < -0.39 is 0 Å². The highest BCUT2D eigenvalue weighted by Gasteiger charge is 2.11. The minimum absolute atomic E-state index is 0.0755.